The normalized spacial score (nSPS) is 37.1. The number of carbonyl (C=O) groups excluding carboxylic acids is 3. The standard InChI is InChI=1S/C11H15FN2O7/c1-13-8(18)11(12,9(19)14(2)10(13)20)7-6(17)5(16)4(15)3-21-7/h4-7,15-17H,3H2,1-2H3/t4-,5+,6-,7-/m1/s1. The number of rotatable bonds is 1. The molecule has 2 fully saturated rings. The second kappa shape index (κ2) is 4.98. The van der Waals surface area contributed by atoms with E-state index in [1.807, 2.05) is 0 Å². The number of imide groups is 2. The molecule has 0 radical (unpaired) electrons. The molecule has 2 rings (SSSR count). The van der Waals surface area contributed by atoms with E-state index in [0.29, 0.717) is 9.80 Å². The van der Waals surface area contributed by atoms with Crippen LogP contribution < -0.4 is 0 Å². The van der Waals surface area contributed by atoms with Crippen LogP contribution in [0.4, 0.5) is 9.18 Å². The van der Waals surface area contributed by atoms with Crippen molar-refractivity contribution in [1.29, 1.82) is 0 Å². The summed E-state index contributed by atoms with van der Waals surface area (Å²) in [5.41, 5.74) is -3.36. The van der Waals surface area contributed by atoms with Crippen LogP contribution in [-0.2, 0) is 14.3 Å². The Balaban J connectivity index is 2.42. The van der Waals surface area contributed by atoms with Crippen LogP contribution in [0.2, 0.25) is 0 Å². The van der Waals surface area contributed by atoms with Crippen LogP contribution in [0.15, 0.2) is 0 Å². The second-order valence-electron chi connectivity index (χ2n) is 5.03. The summed E-state index contributed by atoms with van der Waals surface area (Å²) in [4.78, 5) is 36.3. The number of nitrogens with zero attached hydrogens (tertiary/aromatic N) is 2. The number of aliphatic hydroxyl groups excluding tert-OH is 3. The number of halogens is 1. The van der Waals surface area contributed by atoms with E-state index in [0.717, 1.165) is 14.1 Å². The molecule has 9 nitrogen and oxygen atoms in total. The lowest BCUT2D eigenvalue weighted by Gasteiger charge is -2.44. The summed E-state index contributed by atoms with van der Waals surface area (Å²) in [6.07, 6.45) is -7.31. The second-order valence-corrected chi connectivity index (χ2v) is 5.03. The highest BCUT2D eigenvalue weighted by molar-refractivity contribution is 6.21. The van der Waals surface area contributed by atoms with Crippen LogP contribution in [0, 0.1) is 0 Å². The van der Waals surface area contributed by atoms with E-state index in [4.69, 9.17) is 4.74 Å². The largest absolute Gasteiger partial charge is 0.388 e. The molecule has 21 heavy (non-hydrogen) atoms. The molecule has 0 saturated carbocycles. The summed E-state index contributed by atoms with van der Waals surface area (Å²) < 4.78 is 19.9. The van der Waals surface area contributed by atoms with Gasteiger partial charge >= 0.3 is 6.03 Å². The first-order valence-corrected chi connectivity index (χ1v) is 6.09. The highest BCUT2D eigenvalue weighted by Gasteiger charge is 2.65. The van der Waals surface area contributed by atoms with Crippen molar-refractivity contribution in [3.63, 3.8) is 0 Å². The molecule has 0 unspecified atom stereocenters. The average molecular weight is 306 g/mol. The van der Waals surface area contributed by atoms with Gasteiger partial charge in [0.05, 0.1) is 6.61 Å². The number of amides is 4. The van der Waals surface area contributed by atoms with Gasteiger partial charge in [-0.25, -0.2) is 9.18 Å². The van der Waals surface area contributed by atoms with Crippen LogP contribution in [0.5, 0.6) is 0 Å². The zero-order valence-corrected chi connectivity index (χ0v) is 11.3. The molecule has 4 amide bonds. The van der Waals surface area contributed by atoms with Gasteiger partial charge in [-0.05, 0) is 0 Å². The lowest BCUT2D eigenvalue weighted by molar-refractivity contribution is -0.226. The molecule has 0 spiro atoms. The Bertz CT molecular complexity index is 475. The number of barbiturate groups is 1. The molecule has 0 aromatic heterocycles. The predicted octanol–water partition coefficient (Wildman–Crippen LogP) is -2.77. The Morgan fingerprint density at radius 3 is 2.05 bits per heavy atom. The Morgan fingerprint density at radius 1 is 1.10 bits per heavy atom. The van der Waals surface area contributed by atoms with Gasteiger partial charge in [-0.3, -0.25) is 19.4 Å². The topological polar surface area (TPSA) is 128 Å². The number of ether oxygens (including phenoxy) is 1. The molecule has 0 aromatic rings. The Morgan fingerprint density at radius 2 is 1.57 bits per heavy atom. The van der Waals surface area contributed by atoms with E-state index in [1.165, 1.54) is 0 Å². The zero-order chi connectivity index (χ0) is 16.1. The maximum absolute atomic E-state index is 15.1. The Labute approximate surface area is 118 Å². The molecule has 4 atom stereocenters. The molecule has 10 heteroatoms. The van der Waals surface area contributed by atoms with Crippen LogP contribution in [0.1, 0.15) is 0 Å². The number of hydrogen-bond donors (Lipinski definition) is 3. The summed E-state index contributed by atoms with van der Waals surface area (Å²) >= 11 is 0. The zero-order valence-electron chi connectivity index (χ0n) is 11.3. The summed E-state index contributed by atoms with van der Waals surface area (Å²) in [7, 11) is 1.95. The van der Waals surface area contributed by atoms with Crippen LogP contribution in [-0.4, -0.2) is 93.8 Å². The molecule has 2 aliphatic heterocycles. The molecule has 0 bridgehead atoms. The molecule has 118 valence electrons. The summed E-state index contributed by atoms with van der Waals surface area (Å²) in [6, 6.07) is -1.02. The molecule has 3 N–H and O–H groups in total. The summed E-state index contributed by atoms with van der Waals surface area (Å²) in [5.74, 6) is -2.99. The van der Waals surface area contributed by atoms with Gasteiger partial charge in [0.15, 0.2) is 0 Å². The van der Waals surface area contributed by atoms with Crippen molar-refractivity contribution in [2.24, 2.45) is 0 Å². The lowest BCUT2D eigenvalue weighted by Crippen LogP contribution is -2.73. The van der Waals surface area contributed by atoms with Crippen LogP contribution in [0.3, 0.4) is 0 Å². The fraction of sp³-hybridized carbons (Fsp3) is 0.727. The molecule has 2 saturated heterocycles. The highest BCUT2D eigenvalue weighted by Crippen LogP contribution is 2.34. The maximum Gasteiger partial charge on any atom is 0.333 e. The number of alkyl halides is 1. The van der Waals surface area contributed by atoms with Crippen molar-refractivity contribution in [3.05, 3.63) is 0 Å². The predicted molar refractivity (Wildman–Crippen MR) is 62.5 cm³/mol. The fourth-order valence-electron chi connectivity index (χ4n) is 2.38. The lowest BCUT2D eigenvalue weighted by atomic mass is 9.85. The quantitative estimate of drug-likeness (QED) is 0.447. The van der Waals surface area contributed by atoms with Crippen LogP contribution in [0.25, 0.3) is 0 Å². The molecule has 2 heterocycles. The summed E-state index contributed by atoms with van der Waals surface area (Å²) in [5, 5.41) is 28.7. The van der Waals surface area contributed by atoms with Gasteiger partial charge in [-0.1, -0.05) is 0 Å². The number of carbonyl (C=O) groups is 3. The van der Waals surface area contributed by atoms with E-state index in [9.17, 15) is 29.7 Å². The van der Waals surface area contributed by atoms with Crippen molar-refractivity contribution >= 4 is 17.8 Å². The van der Waals surface area contributed by atoms with E-state index >= 15 is 4.39 Å². The van der Waals surface area contributed by atoms with E-state index in [1.54, 1.807) is 0 Å². The number of urea groups is 1. The number of aliphatic hydroxyl groups is 3. The van der Waals surface area contributed by atoms with Gasteiger partial charge in [-0.15, -0.1) is 0 Å². The van der Waals surface area contributed by atoms with Gasteiger partial charge in [0.1, 0.15) is 24.4 Å². The van der Waals surface area contributed by atoms with Gasteiger partial charge in [0.2, 0.25) is 0 Å². The fourth-order valence-corrected chi connectivity index (χ4v) is 2.38. The van der Waals surface area contributed by atoms with Crippen LogP contribution >= 0.6 is 0 Å². The Hall–Kier alpha value is -1.62. The van der Waals surface area contributed by atoms with E-state index in [-0.39, 0.29) is 0 Å². The SMILES string of the molecule is CN1C(=O)N(C)C(=O)C(F)([C@@H]2OC[C@@H](O)[C@H](O)[C@H]2O)C1=O. The first-order chi connectivity index (χ1) is 9.63. The maximum atomic E-state index is 15.1. The smallest absolute Gasteiger partial charge is 0.333 e. The highest BCUT2D eigenvalue weighted by atomic mass is 19.1. The van der Waals surface area contributed by atoms with Crippen molar-refractivity contribution < 1.29 is 38.8 Å². The molecule has 2 aliphatic rings. The van der Waals surface area contributed by atoms with Crippen molar-refractivity contribution in [2.45, 2.75) is 30.1 Å². The first-order valence-electron chi connectivity index (χ1n) is 6.09. The third kappa shape index (κ3) is 2.02. The molecule has 0 aromatic carbocycles. The van der Waals surface area contributed by atoms with Gasteiger partial charge in [-0.2, -0.15) is 0 Å². The number of hydrogen-bond acceptors (Lipinski definition) is 7. The monoisotopic (exact) mass is 306 g/mol. The van der Waals surface area contributed by atoms with E-state index < -0.39 is 54.5 Å². The molecule has 0 aliphatic carbocycles. The average Bonchev–Trinajstić information content (AvgIpc) is 2.47. The summed E-state index contributed by atoms with van der Waals surface area (Å²) in [6.45, 7) is -0.573. The minimum absolute atomic E-state index is 0.384. The molecular weight excluding hydrogens is 291 g/mol. The Kier molecular flexibility index (Phi) is 3.74. The van der Waals surface area contributed by atoms with E-state index in [2.05, 4.69) is 0 Å². The minimum atomic E-state index is -3.36. The van der Waals surface area contributed by atoms with Crippen molar-refractivity contribution in [1.82, 2.24) is 9.80 Å². The molecular formula is C11H15FN2O7. The minimum Gasteiger partial charge on any atom is -0.388 e. The van der Waals surface area contributed by atoms with Gasteiger partial charge < -0.3 is 20.1 Å². The van der Waals surface area contributed by atoms with Crippen molar-refractivity contribution in [3.8, 4) is 0 Å². The van der Waals surface area contributed by atoms with Crippen molar-refractivity contribution in [2.75, 3.05) is 20.7 Å². The third-order valence-corrected chi connectivity index (χ3v) is 3.70. The third-order valence-electron chi connectivity index (χ3n) is 3.70. The van der Waals surface area contributed by atoms with Gasteiger partial charge in [0, 0.05) is 14.1 Å². The first kappa shape index (κ1) is 15.8. The van der Waals surface area contributed by atoms with Gasteiger partial charge in [0.25, 0.3) is 17.5 Å².